The molecule has 162 valence electrons. The van der Waals surface area contributed by atoms with Crippen LogP contribution in [0.1, 0.15) is 12.5 Å². The van der Waals surface area contributed by atoms with Crippen LogP contribution in [-0.2, 0) is 14.8 Å². The number of carbonyl (C=O) groups excluding carboxylic acids is 1. The number of halogens is 1. The molecule has 0 aromatic heterocycles. The number of benzene rings is 2. The van der Waals surface area contributed by atoms with Gasteiger partial charge in [-0.1, -0.05) is 6.07 Å². The van der Waals surface area contributed by atoms with Crippen LogP contribution in [0.2, 0.25) is 0 Å². The van der Waals surface area contributed by atoms with E-state index >= 15 is 0 Å². The summed E-state index contributed by atoms with van der Waals surface area (Å²) in [4.78, 5) is 14.6. The van der Waals surface area contributed by atoms with Crippen LogP contribution in [0.4, 0.5) is 0 Å². The van der Waals surface area contributed by atoms with Crippen LogP contribution in [-0.4, -0.2) is 62.9 Å². The van der Waals surface area contributed by atoms with E-state index in [1.54, 1.807) is 24.0 Å². The number of amides is 1. The first-order chi connectivity index (χ1) is 14.2. The van der Waals surface area contributed by atoms with E-state index in [4.69, 9.17) is 9.47 Å². The van der Waals surface area contributed by atoms with Gasteiger partial charge < -0.3 is 14.4 Å². The lowest BCUT2D eigenvalue weighted by Gasteiger charge is -2.35. The second kappa shape index (κ2) is 9.36. The van der Waals surface area contributed by atoms with E-state index < -0.39 is 16.1 Å². The van der Waals surface area contributed by atoms with Gasteiger partial charge in [0.25, 0.3) is 5.91 Å². The first-order valence-corrected chi connectivity index (χ1v) is 11.8. The van der Waals surface area contributed by atoms with Gasteiger partial charge in [0.15, 0.2) is 6.10 Å². The monoisotopic (exact) mass is 496 g/mol. The fraction of sp³-hybridized carbons (Fsp3) is 0.381. The third-order valence-electron chi connectivity index (χ3n) is 4.99. The van der Waals surface area contributed by atoms with Crippen LogP contribution in [0.5, 0.6) is 11.5 Å². The lowest BCUT2D eigenvalue weighted by molar-refractivity contribution is -0.139. The van der Waals surface area contributed by atoms with Crippen molar-refractivity contribution >= 4 is 31.9 Å². The third-order valence-corrected chi connectivity index (χ3v) is 7.52. The minimum atomic E-state index is -3.61. The first-order valence-electron chi connectivity index (χ1n) is 9.58. The van der Waals surface area contributed by atoms with Crippen molar-refractivity contribution < 1.29 is 22.7 Å². The number of aryl methyl sites for hydroxylation is 1. The zero-order chi connectivity index (χ0) is 21.9. The second-order valence-corrected chi connectivity index (χ2v) is 9.89. The highest BCUT2D eigenvalue weighted by Gasteiger charge is 2.32. The average Bonchev–Trinajstić information content (AvgIpc) is 2.75. The molecule has 3 rings (SSSR count). The molecule has 1 atom stereocenters. The molecule has 0 saturated carbocycles. The van der Waals surface area contributed by atoms with Crippen molar-refractivity contribution in [3.05, 3.63) is 52.5 Å². The molecule has 2 aromatic carbocycles. The number of rotatable bonds is 6. The predicted molar refractivity (Wildman–Crippen MR) is 117 cm³/mol. The summed E-state index contributed by atoms with van der Waals surface area (Å²) in [5.74, 6) is 1.03. The van der Waals surface area contributed by atoms with E-state index in [2.05, 4.69) is 15.9 Å². The number of hydrogen-bond donors (Lipinski definition) is 0. The second-order valence-electron chi connectivity index (χ2n) is 7.10. The SMILES string of the molecule is COc1ccc(S(=O)(=O)N2CCN(C(=O)C(C)Oc3ccc(C)cc3Br)CC2)cc1. The summed E-state index contributed by atoms with van der Waals surface area (Å²) in [6.45, 7) is 4.79. The van der Waals surface area contributed by atoms with E-state index in [1.165, 1.54) is 23.5 Å². The van der Waals surface area contributed by atoms with Gasteiger partial charge in [0.1, 0.15) is 11.5 Å². The van der Waals surface area contributed by atoms with Crippen molar-refractivity contribution in [2.45, 2.75) is 24.8 Å². The van der Waals surface area contributed by atoms with Gasteiger partial charge in [-0.2, -0.15) is 4.31 Å². The number of sulfonamides is 1. The predicted octanol–water partition coefficient (Wildman–Crippen LogP) is 3.07. The smallest absolute Gasteiger partial charge is 0.263 e. The van der Waals surface area contributed by atoms with Crippen LogP contribution in [0.25, 0.3) is 0 Å². The molecule has 1 heterocycles. The zero-order valence-corrected chi connectivity index (χ0v) is 19.6. The summed E-state index contributed by atoms with van der Waals surface area (Å²) in [5, 5.41) is 0. The van der Waals surface area contributed by atoms with E-state index in [-0.39, 0.29) is 23.9 Å². The average molecular weight is 497 g/mol. The van der Waals surface area contributed by atoms with Gasteiger partial charge in [0.05, 0.1) is 16.5 Å². The highest BCUT2D eigenvalue weighted by molar-refractivity contribution is 9.10. The van der Waals surface area contributed by atoms with Gasteiger partial charge in [-0.25, -0.2) is 8.42 Å². The fourth-order valence-electron chi connectivity index (χ4n) is 3.25. The third kappa shape index (κ3) is 4.96. The lowest BCUT2D eigenvalue weighted by atomic mass is 10.2. The molecular weight excluding hydrogens is 472 g/mol. The Morgan fingerprint density at radius 3 is 2.27 bits per heavy atom. The molecule has 30 heavy (non-hydrogen) atoms. The molecule has 1 saturated heterocycles. The topological polar surface area (TPSA) is 76.2 Å². The van der Waals surface area contributed by atoms with E-state index in [9.17, 15) is 13.2 Å². The maximum absolute atomic E-state index is 12.9. The highest BCUT2D eigenvalue weighted by Crippen LogP contribution is 2.27. The summed E-state index contributed by atoms with van der Waals surface area (Å²) in [6, 6.07) is 12.0. The Morgan fingerprint density at radius 2 is 1.70 bits per heavy atom. The first kappa shape index (κ1) is 22.6. The minimum Gasteiger partial charge on any atom is -0.497 e. The maximum atomic E-state index is 12.9. The molecule has 1 amide bonds. The van der Waals surface area contributed by atoms with Gasteiger partial charge in [-0.3, -0.25) is 4.79 Å². The van der Waals surface area contributed by atoms with Crippen molar-refractivity contribution in [3.8, 4) is 11.5 Å². The van der Waals surface area contributed by atoms with Gasteiger partial charge in [-0.15, -0.1) is 0 Å². The van der Waals surface area contributed by atoms with Crippen molar-refractivity contribution in [2.24, 2.45) is 0 Å². The van der Waals surface area contributed by atoms with E-state index in [0.29, 0.717) is 24.6 Å². The van der Waals surface area contributed by atoms with Crippen molar-refractivity contribution in [1.29, 1.82) is 0 Å². The van der Waals surface area contributed by atoms with Crippen molar-refractivity contribution in [3.63, 3.8) is 0 Å². The zero-order valence-electron chi connectivity index (χ0n) is 17.2. The normalized spacial score (nSPS) is 16.2. The Bertz CT molecular complexity index is 1000. The largest absolute Gasteiger partial charge is 0.497 e. The molecule has 0 bridgehead atoms. The van der Waals surface area contributed by atoms with Crippen LogP contribution < -0.4 is 9.47 Å². The molecule has 1 aliphatic rings. The van der Waals surface area contributed by atoms with Gasteiger partial charge in [-0.05, 0) is 71.7 Å². The van der Waals surface area contributed by atoms with E-state index in [1.807, 2.05) is 25.1 Å². The summed E-state index contributed by atoms with van der Waals surface area (Å²) in [5.41, 5.74) is 1.09. The summed E-state index contributed by atoms with van der Waals surface area (Å²) in [6.07, 6.45) is -0.672. The van der Waals surface area contributed by atoms with Crippen LogP contribution in [0, 0.1) is 6.92 Å². The minimum absolute atomic E-state index is 0.163. The van der Waals surface area contributed by atoms with E-state index in [0.717, 1.165) is 10.0 Å². The number of nitrogens with zero attached hydrogens (tertiary/aromatic N) is 2. The number of methoxy groups -OCH3 is 1. The Morgan fingerprint density at radius 1 is 1.07 bits per heavy atom. The Hall–Kier alpha value is -2.10. The van der Waals surface area contributed by atoms with Crippen LogP contribution in [0.3, 0.4) is 0 Å². The molecule has 0 N–H and O–H groups in total. The van der Waals surface area contributed by atoms with Crippen LogP contribution in [0.15, 0.2) is 51.8 Å². The molecular formula is C21H25BrN2O5S. The fourth-order valence-corrected chi connectivity index (χ4v) is 5.25. The Labute approximate surface area is 185 Å². The van der Waals surface area contributed by atoms with Gasteiger partial charge in [0.2, 0.25) is 10.0 Å². The quantitative estimate of drug-likeness (QED) is 0.614. The Kier molecular flexibility index (Phi) is 7.05. The molecule has 0 spiro atoms. The van der Waals surface area contributed by atoms with Gasteiger partial charge >= 0.3 is 0 Å². The highest BCUT2D eigenvalue weighted by atomic mass is 79.9. The molecule has 0 aliphatic carbocycles. The molecule has 7 nitrogen and oxygen atoms in total. The number of ether oxygens (including phenoxy) is 2. The Balaban J connectivity index is 1.60. The standard InChI is InChI=1S/C21H25BrN2O5S/c1-15-4-9-20(19(22)14-15)29-16(2)21(25)23-10-12-24(13-11-23)30(26,27)18-7-5-17(28-3)6-8-18/h4-9,14,16H,10-13H2,1-3H3. The number of piperazine rings is 1. The summed E-state index contributed by atoms with van der Waals surface area (Å²) in [7, 11) is -2.08. The molecule has 9 heteroatoms. The number of carbonyl (C=O) groups is 1. The summed E-state index contributed by atoms with van der Waals surface area (Å²) >= 11 is 3.45. The molecule has 2 aromatic rings. The maximum Gasteiger partial charge on any atom is 0.263 e. The molecule has 1 aliphatic heterocycles. The van der Waals surface area contributed by atoms with Crippen molar-refractivity contribution in [2.75, 3.05) is 33.3 Å². The van der Waals surface area contributed by atoms with Crippen molar-refractivity contribution in [1.82, 2.24) is 9.21 Å². The summed E-state index contributed by atoms with van der Waals surface area (Å²) < 4.78 is 38.8. The number of hydrogen-bond acceptors (Lipinski definition) is 5. The molecule has 0 radical (unpaired) electrons. The molecule has 1 unspecified atom stereocenters. The lowest BCUT2D eigenvalue weighted by Crippen LogP contribution is -2.53. The molecule has 1 fully saturated rings. The van der Waals surface area contributed by atoms with Gasteiger partial charge in [0, 0.05) is 26.2 Å². The van der Waals surface area contributed by atoms with Crippen LogP contribution >= 0.6 is 15.9 Å².